The molecule has 0 aliphatic rings. The van der Waals surface area contributed by atoms with Crippen LogP contribution < -0.4 is 39.1 Å². The molecule has 2 N–H and O–H groups in total. The highest BCUT2D eigenvalue weighted by Gasteiger charge is 2.21. The number of ether oxygens (including phenoxy) is 6. The minimum atomic E-state index is -0.440. The molecule has 0 bridgehead atoms. The number of anilines is 2. The lowest BCUT2D eigenvalue weighted by Gasteiger charge is -2.17. The number of aromatic nitrogens is 1. The predicted molar refractivity (Wildman–Crippen MR) is 160 cm³/mol. The Kier molecular flexibility index (Phi) is 12.1. The molecule has 0 fully saturated rings. The van der Waals surface area contributed by atoms with Crippen LogP contribution in [0.15, 0.2) is 42.5 Å². The van der Waals surface area contributed by atoms with E-state index >= 15 is 0 Å². The van der Waals surface area contributed by atoms with Gasteiger partial charge in [-0.3, -0.25) is 9.59 Å². The molecule has 0 aliphatic heterocycles. The molecular formula is C31H39N3O8. The van der Waals surface area contributed by atoms with Gasteiger partial charge in [-0.15, -0.1) is 0 Å². The molecule has 0 radical (unpaired) electrons. The number of hydrogen-bond donors (Lipinski definition) is 2. The number of nitrogens with one attached hydrogen (secondary N) is 2. The lowest BCUT2D eigenvalue weighted by atomic mass is 10.1. The molecule has 0 atom stereocenters. The van der Waals surface area contributed by atoms with Gasteiger partial charge in [0.25, 0.3) is 11.8 Å². The van der Waals surface area contributed by atoms with Gasteiger partial charge in [-0.25, -0.2) is 4.98 Å². The molecular weight excluding hydrogens is 542 g/mol. The average molecular weight is 582 g/mol. The van der Waals surface area contributed by atoms with Crippen LogP contribution in [0.25, 0.3) is 0 Å². The van der Waals surface area contributed by atoms with Crippen LogP contribution >= 0.6 is 0 Å². The van der Waals surface area contributed by atoms with Crippen molar-refractivity contribution in [2.45, 2.75) is 41.5 Å². The molecule has 11 nitrogen and oxygen atoms in total. The van der Waals surface area contributed by atoms with E-state index in [0.29, 0.717) is 85.3 Å². The number of nitrogens with zero attached hydrogens (tertiary/aromatic N) is 1. The Hall–Kier alpha value is -4.67. The monoisotopic (exact) mass is 581 g/mol. The Labute approximate surface area is 246 Å². The minimum Gasteiger partial charge on any atom is -0.490 e. The zero-order valence-corrected chi connectivity index (χ0v) is 25.0. The first-order chi connectivity index (χ1) is 20.4. The normalized spacial score (nSPS) is 10.4. The molecule has 2 aromatic carbocycles. The summed E-state index contributed by atoms with van der Waals surface area (Å²) in [6, 6.07) is 11.3. The van der Waals surface area contributed by atoms with Gasteiger partial charge < -0.3 is 39.1 Å². The highest BCUT2D eigenvalue weighted by atomic mass is 16.5. The summed E-state index contributed by atoms with van der Waals surface area (Å²) in [6.45, 7) is 13.4. The predicted octanol–water partition coefficient (Wildman–Crippen LogP) is 5.98. The van der Waals surface area contributed by atoms with E-state index < -0.39 is 11.8 Å². The van der Waals surface area contributed by atoms with Crippen molar-refractivity contribution >= 4 is 23.5 Å². The summed E-state index contributed by atoms with van der Waals surface area (Å²) in [6.07, 6.45) is 0. The van der Waals surface area contributed by atoms with Crippen molar-refractivity contribution in [2.24, 2.45) is 0 Å². The standard InChI is InChI=1S/C31H39N3O8/c1-7-37-22-16-20(17-23(38-8-2)28(22)41-11-5)30(35)33-26-14-13-15-27(32-26)34-31(36)21-18-24(39-9-3)29(42-12-6)25(19-21)40-10-4/h13-19H,7-12H2,1-6H3,(H2,32,33,34,35,36). The molecule has 0 saturated heterocycles. The zero-order chi connectivity index (χ0) is 30.5. The van der Waals surface area contributed by atoms with Gasteiger partial charge >= 0.3 is 0 Å². The van der Waals surface area contributed by atoms with Gasteiger partial charge in [0.1, 0.15) is 11.6 Å². The van der Waals surface area contributed by atoms with Crippen molar-refractivity contribution in [1.82, 2.24) is 4.98 Å². The third-order valence-electron chi connectivity index (χ3n) is 5.57. The molecule has 0 aliphatic carbocycles. The van der Waals surface area contributed by atoms with Crippen LogP contribution in [0, 0.1) is 0 Å². The fraction of sp³-hybridized carbons (Fsp3) is 0.387. The van der Waals surface area contributed by atoms with Crippen LogP contribution in [0.2, 0.25) is 0 Å². The molecule has 3 aromatic rings. The van der Waals surface area contributed by atoms with E-state index in [1.807, 2.05) is 41.5 Å². The molecule has 0 spiro atoms. The van der Waals surface area contributed by atoms with Gasteiger partial charge in [-0.1, -0.05) is 6.07 Å². The van der Waals surface area contributed by atoms with E-state index in [9.17, 15) is 9.59 Å². The number of benzene rings is 2. The lowest BCUT2D eigenvalue weighted by molar-refractivity contribution is 0.101. The molecule has 1 heterocycles. The Morgan fingerprint density at radius 1 is 0.548 bits per heavy atom. The summed E-state index contributed by atoms with van der Waals surface area (Å²) in [5.74, 6) is 2.07. The van der Waals surface area contributed by atoms with Gasteiger partial charge in [0.2, 0.25) is 11.5 Å². The smallest absolute Gasteiger partial charge is 0.257 e. The number of hydrogen-bond acceptors (Lipinski definition) is 9. The first-order valence-corrected chi connectivity index (χ1v) is 14.1. The Morgan fingerprint density at radius 3 is 1.14 bits per heavy atom. The molecule has 3 rings (SSSR count). The van der Waals surface area contributed by atoms with Crippen molar-refractivity contribution in [3.63, 3.8) is 0 Å². The third kappa shape index (κ3) is 8.18. The summed E-state index contributed by atoms with van der Waals surface area (Å²) in [5, 5.41) is 5.53. The Morgan fingerprint density at radius 2 is 0.857 bits per heavy atom. The van der Waals surface area contributed by atoms with Crippen LogP contribution in [0.4, 0.5) is 11.6 Å². The van der Waals surface area contributed by atoms with Crippen LogP contribution in [-0.4, -0.2) is 56.4 Å². The summed E-state index contributed by atoms with van der Waals surface area (Å²) in [5.41, 5.74) is 0.589. The van der Waals surface area contributed by atoms with Crippen LogP contribution in [0.3, 0.4) is 0 Å². The quantitative estimate of drug-likeness (QED) is 0.210. The highest BCUT2D eigenvalue weighted by molar-refractivity contribution is 6.06. The zero-order valence-electron chi connectivity index (χ0n) is 25.0. The molecule has 1 aromatic heterocycles. The van der Waals surface area contributed by atoms with Crippen molar-refractivity contribution in [3.05, 3.63) is 53.6 Å². The second kappa shape index (κ2) is 15.9. The average Bonchev–Trinajstić information content (AvgIpc) is 2.96. The van der Waals surface area contributed by atoms with Crippen LogP contribution in [-0.2, 0) is 0 Å². The lowest BCUT2D eigenvalue weighted by Crippen LogP contribution is -2.17. The number of amides is 2. The molecule has 2 amide bonds. The van der Waals surface area contributed by atoms with E-state index in [1.54, 1.807) is 42.5 Å². The van der Waals surface area contributed by atoms with Crippen molar-refractivity contribution in [1.29, 1.82) is 0 Å². The second-order valence-corrected chi connectivity index (χ2v) is 8.52. The van der Waals surface area contributed by atoms with Gasteiger partial charge in [0.15, 0.2) is 23.0 Å². The number of rotatable bonds is 16. The fourth-order valence-corrected chi connectivity index (χ4v) is 3.99. The van der Waals surface area contributed by atoms with E-state index in [4.69, 9.17) is 28.4 Å². The fourth-order valence-electron chi connectivity index (χ4n) is 3.99. The van der Waals surface area contributed by atoms with Crippen molar-refractivity contribution in [3.8, 4) is 34.5 Å². The van der Waals surface area contributed by atoms with E-state index in [2.05, 4.69) is 15.6 Å². The molecule has 0 saturated carbocycles. The summed E-state index contributed by atoms with van der Waals surface area (Å²) in [7, 11) is 0. The molecule has 226 valence electrons. The van der Waals surface area contributed by atoms with Crippen LogP contribution in [0.5, 0.6) is 34.5 Å². The Balaban J connectivity index is 1.84. The van der Waals surface area contributed by atoms with Gasteiger partial charge in [-0.2, -0.15) is 0 Å². The SMILES string of the molecule is CCOc1cc(C(=O)Nc2cccc(NC(=O)c3cc(OCC)c(OCC)c(OCC)c3)n2)cc(OCC)c1OCC. The third-order valence-corrected chi connectivity index (χ3v) is 5.57. The maximum atomic E-state index is 13.2. The first kappa shape index (κ1) is 31.9. The van der Waals surface area contributed by atoms with Crippen molar-refractivity contribution < 1.29 is 38.0 Å². The van der Waals surface area contributed by atoms with Crippen molar-refractivity contribution in [2.75, 3.05) is 50.3 Å². The molecule has 11 heteroatoms. The number of pyridine rings is 1. The van der Waals surface area contributed by atoms with Gasteiger partial charge in [-0.05, 0) is 77.9 Å². The largest absolute Gasteiger partial charge is 0.490 e. The topological polar surface area (TPSA) is 126 Å². The molecule has 42 heavy (non-hydrogen) atoms. The summed E-state index contributed by atoms with van der Waals surface area (Å²) < 4.78 is 34.3. The maximum absolute atomic E-state index is 13.2. The van der Waals surface area contributed by atoms with Gasteiger partial charge in [0, 0.05) is 11.1 Å². The second-order valence-electron chi connectivity index (χ2n) is 8.52. The van der Waals surface area contributed by atoms with Crippen LogP contribution in [0.1, 0.15) is 62.3 Å². The van der Waals surface area contributed by atoms with E-state index in [-0.39, 0.29) is 11.6 Å². The van der Waals surface area contributed by atoms with E-state index in [0.717, 1.165) is 0 Å². The first-order valence-electron chi connectivity index (χ1n) is 14.1. The highest BCUT2D eigenvalue weighted by Crippen LogP contribution is 2.40. The van der Waals surface area contributed by atoms with E-state index in [1.165, 1.54) is 0 Å². The number of carbonyl (C=O) groups excluding carboxylic acids is 2. The number of carbonyl (C=O) groups is 2. The summed E-state index contributed by atoms with van der Waals surface area (Å²) >= 11 is 0. The molecule has 0 unspecified atom stereocenters. The van der Waals surface area contributed by atoms with Gasteiger partial charge in [0.05, 0.1) is 39.6 Å². The minimum absolute atomic E-state index is 0.235. The summed E-state index contributed by atoms with van der Waals surface area (Å²) in [4.78, 5) is 30.8. The Bertz CT molecular complexity index is 1210. The maximum Gasteiger partial charge on any atom is 0.257 e.